The van der Waals surface area contributed by atoms with Gasteiger partial charge in [0.25, 0.3) is 5.79 Å². The Balaban J connectivity index is 1.72. The van der Waals surface area contributed by atoms with E-state index >= 15 is 0 Å². The van der Waals surface area contributed by atoms with Crippen LogP contribution >= 0.6 is 0 Å². The number of cyclic esters (lactones) is 2. The maximum Gasteiger partial charge on any atom is 0.350 e. The van der Waals surface area contributed by atoms with Gasteiger partial charge in [-0.1, -0.05) is 12.1 Å². The van der Waals surface area contributed by atoms with Crippen LogP contribution in [0.4, 0.5) is 5.69 Å². The lowest BCUT2D eigenvalue weighted by Gasteiger charge is -2.29. The van der Waals surface area contributed by atoms with Crippen molar-refractivity contribution in [1.29, 1.82) is 0 Å². The fourth-order valence-corrected chi connectivity index (χ4v) is 2.70. The summed E-state index contributed by atoms with van der Waals surface area (Å²) < 4.78 is 10.1. The van der Waals surface area contributed by atoms with Crippen LogP contribution in [0.2, 0.25) is 0 Å². The lowest BCUT2D eigenvalue weighted by atomic mass is 9.99. The third-order valence-corrected chi connectivity index (χ3v) is 4.42. The van der Waals surface area contributed by atoms with E-state index in [4.69, 9.17) is 9.47 Å². The van der Waals surface area contributed by atoms with Crippen molar-refractivity contribution in [2.45, 2.75) is 33.5 Å². The number of rotatable bonds is 4. The minimum Gasteiger partial charge on any atom is -0.419 e. The second kappa shape index (κ2) is 7.31. The van der Waals surface area contributed by atoms with Gasteiger partial charge in [-0.05, 0) is 55.3 Å². The van der Waals surface area contributed by atoms with Crippen LogP contribution in [0.5, 0.6) is 0 Å². The summed E-state index contributed by atoms with van der Waals surface area (Å²) in [6.07, 6.45) is 1.24. The average Bonchev–Trinajstić information content (AvgIpc) is 2.62. The molecule has 1 saturated heterocycles. The van der Waals surface area contributed by atoms with Gasteiger partial charge in [0, 0.05) is 36.9 Å². The van der Waals surface area contributed by atoms with Gasteiger partial charge in [-0.2, -0.15) is 0 Å². The number of ketones is 1. The molecule has 0 unspecified atom stereocenters. The number of carbonyl (C=O) groups excluding carboxylic acids is 3. The van der Waals surface area contributed by atoms with Crippen LogP contribution in [-0.2, 0) is 19.1 Å². The molecular formula is C22H21NO5. The summed E-state index contributed by atoms with van der Waals surface area (Å²) in [5.41, 5.74) is 3.74. The fraction of sp³-hybridized carbons (Fsp3) is 0.227. The number of aryl methyl sites for hydroxylation is 2. The Labute approximate surface area is 163 Å². The summed E-state index contributed by atoms with van der Waals surface area (Å²) in [6, 6.07) is 12.3. The maximum atomic E-state index is 12.6. The van der Waals surface area contributed by atoms with Crippen LogP contribution < -0.4 is 5.32 Å². The molecule has 1 heterocycles. The van der Waals surface area contributed by atoms with E-state index < -0.39 is 17.7 Å². The lowest BCUT2D eigenvalue weighted by molar-refractivity contribution is -0.222. The van der Waals surface area contributed by atoms with E-state index in [1.54, 1.807) is 24.3 Å². The molecule has 2 aromatic carbocycles. The Morgan fingerprint density at radius 1 is 0.893 bits per heavy atom. The van der Waals surface area contributed by atoms with Gasteiger partial charge in [0.1, 0.15) is 0 Å². The third-order valence-electron chi connectivity index (χ3n) is 4.42. The van der Waals surface area contributed by atoms with Gasteiger partial charge in [-0.25, -0.2) is 9.59 Å². The van der Waals surface area contributed by atoms with Gasteiger partial charge in [0.2, 0.25) is 0 Å². The van der Waals surface area contributed by atoms with Gasteiger partial charge in [-0.3, -0.25) is 4.79 Å². The molecule has 0 bridgehead atoms. The predicted molar refractivity (Wildman–Crippen MR) is 104 cm³/mol. The van der Waals surface area contributed by atoms with E-state index in [2.05, 4.69) is 5.32 Å². The van der Waals surface area contributed by atoms with Crippen LogP contribution in [0.25, 0.3) is 0 Å². The Kier molecular flexibility index (Phi) is 5.05. The van der Waals surface area contributed by atoms with Crippen molar-refractivity contribution in [3.05, 3.63) is 76.5 Å². The second-order valence-corrected chi connectivity index (χ2v) is 7.09. The third kappa shape index (κ3) is 4.11. The Bertz CT molecular complexity index is 964. The van der Waals surface area contributed by atoms with Crippen molar-refractivity contribution in [3.63, 3.8) is 0 Å². The number of hydrogen-bond acceptors (Lipinski definition) is 6. The number of nitrogens with one attached hydrogen (secondary N) is 1. The first-order valence-electron chi connectivity index (χ1n) is 8.82. The summed E-state index contributed by atoms with van der Waals surface area (Å²) in [5, 5.41) is 2.85. The zero-order chi connectivity index (χ0) is 20.5. The average molecular weight is 379 g/mol. The molecular weight excluding hydrogens is 358 g/mol. The molecule has 1 N–H and O–H groups in total. The number of hydrogen-bond donors (Lipinski definition) is 1. The highest BCUT2D eigenvalue weighted by Crippen LogP contribution is 2.23. The van der Waals surface area contributed by atoms with Crippen molar-refractivity contribution in [1.82, 2.24) is 0 Å². The number of esters is 2. The molecule has 1 fully saturated rings. The smallest absolute Gasteiger partial charge is 0.350 e. The van der Waals surface area contributed by atoms with Gasteiger partial charge >= 0.3 is 11.9 Å². The first-order chi connectivity index (χ1) is 13.2. The standard InChI is InChI=1S/C22H21NO5/c1-13-5-6-16(11-14(13)2)19(24)15-7-9-17(10-8-15)23-12-18-20(25)27-22(3,4)28-21(18)26/h5-12,23H,1-4H3. The van der Waals surface area contributed by atoms with Gasteiger partial charge in [0.05, 0.1) is 0 Å². The Hall–Kier alpha value is -3.41. The van der Waals surface area contributed by atoms with Crippen molar-refractivity contribution >= 4 is 23.4 Å². The molecule has 0 atom stereocenters. The van der Waals surface area contributed by atoms with E-state index in [1.165, 1.54) is 20.0 Å². The number of benzene rings is 2. The molecule has 144 valence electrons. The highest BCUT2D eigenvalue weighted by atomic mass is 16.7. The molecule has 28 heavy (non-hydrogen) atoms. The molecule has 1 aliphatic rings. The minimum absolute atomic E-state index is 0.0744. The van der Waals surface area contributed by atoms with Crippen molar-refractivity contribution in [2.24, 2.45) is 0 Å². The van der Waals surface area contributed by atoms with E-state index in [0.29, 0.717) is 16.8 Å². The van der Waals surface area contributed by atoms with Crippen LogP contribution in [-0.4, -0.2) is 23.5 Å². The number of anilines is 1. The molecule has 6 heteroatoms. The minimum atomic E-state index is -1.28. The van der Waals surface area contributed by atoms with Crippen LogP contribution in [0.3, 0.4) is 0 Å². The van der Waals surface area contributed by atoms with E-state index in [9.17, 15) is 14.4 Å². The predicted octanol–water partition coefficient (Wildman–Crippen LogP) is 3.67. The van der Waals surface area contributed by atoms with Gasteiger partial charge < -0.3 is 14.8 Å². The van der Waals surface area contributed by atoms with Crippen molar-refractivity contribution in [2.75, 3.05) is 5.32 Å². The summed E-state index contributed by atoms with van der Waals surface area (Å²) in [6.45, 7) is 6.93. The van der Waals surface area contributed by atoms with E-state index in [0.717, 1.165) is 11.1 Å². The quantitative estimate of drug-likeness (QED) is 0.378. The zero-order valence-corrected chi connectivity index (χ0v) is 16.2. The van der Waals surface area contributed by atoms with Crippen LogP contribution in [0, 0.1) is 13.8 Å². The summed E-state index contributed by atoms with van der Waals surface area (Å²) in [4.78, 5) is 36.5. The first-order valence-corrected chi connectivity index (χ1v) is 8.82. The SMILES string of the molecule is Cc1ccc(C(=O)c2ccc(NC=C3C(=O)OC(C)(C)OC3=O)cc2)cc1C. The molecule has 1 aliphatic heterocycles. The second-order valence-electron chi connectivity index (χ2n) is 7.09. The fourth-order valence-electron chi connectivity index (χ4n) is 2.70. The molecule has 0 aliphatic carbocycles. The van der Waals surface area contributed by atoms with Crippen LogP contribution in [0.1, 0.15) is 40.9 Å². The summed E-state index contributed by atoms with van der Waals surface area (Å²) in [7, 11) is 0. The molecule has 0 amide bonds. The highest BCUT2D eigenvalue weighted by molar-refractivity contribution is 6.15. The van der Waals surface area contributed by atoms with Crippen molar-refractivity contribution in [3.8, 4) is 0 Å². The lowest BCUT2D eigenvalue weighted by Crippen LogP contribution is -2.42. The molecule has 0 saturated carbocycles. The van der Waals surface area contributed by atoms with E-state index in [1.807, 2.05) is 32.0 Å². The topological polar surface area (TPSA) is 81.7 Å². The monoisotopic (exact) mass is 379 g/mol. The normalized spacial score (nSPS) is 15.5. The number of carbonyl (C=O) groups is 3. The van der Waals surface area contributed by atoms with Gasteiger partial charge in [0.15, 0.2) is 11.4 Å². The van der Waals surface area contributed by atoms with Crippen molar-refractivity contribution < 1.29 is 23.9 Å². The summed E-state index contributed by atoms with van der Waals surface area (Å²) >= 11 is 0. The maximum absolute atomic E-state index is 12.6. The largest absolute Gasteiger partial charge is 0.419 e. The Morgan fingerprint density at radius 2 is 1.46 bits per heavy atom. The zero-order valence-electron chi connectivity index (χ0n) is 16.2. The van der Waals surface area contributed by atoms with E-state index in [-0.39, 0.29) is 11.4 Å². The number of ether oxygens (including phenoxy) is 2. The molecule has 0 aromatic heterocycles. The highest BCUT2D eigenvalue weighted by Gasteiger charge is 2.38. The molecule has 0 radical (unpaired) electrons. The summed E-state index contributed by atoms with van der Waals surface area (Å²) in [5.74, 6) is -2.86. The molecule has 0 spiro atoms. The molecule has 3 rings (SSSR count). The van der Waals surface area contributed by atoms with Crippen LogP contribution in [0.15, 0.2) is 54.2 Å². The first kappa shape index (κ1) is 19.4. The molecule has 6 nitrogen and oxygen atoms in total. The Morgan fingerprint density at radius 3 is 2.04 bits per heavy atom. The molecule has 2 aromatic rings. The van der Waals surface area contributed by atoms with Gasteiger partial charge in [-0.15, -0.1) is 0 Å².